The van der Waals surface area contributed by atoms with Gasteiger partial charge in [0.2, 0.25) is 11.8 Å². The third-order valence-electron chi connectivity index (χ3n) is 4.18. The van der Waals surface area contributed by atoms with E-state index in [-0.39, 0.29) is 18.2 Å². The first kappa shape index (κ1) is 14.3. The number of aryl methyl sites for hydroxylation is 1. The molecule has 4 heteroatoms. The summed E-state index contributed by atoms with van der Waals surface area (Å²) in [7, 11) is 0. The van der Waals surface area contributed by atoms with E-state index in [1.807, 2.05) is 56.3 Å². The molecule has 2 N–H and O–H groups in total. The Morgan fingerprint density at radius 1 is 1.14 bits per heavy atom. The van der Waals surface area contributed by atoms with Gasteiger partial charge in [0, 0.05) is 17.8 Å². The van der Waals surface area contributed by atoms with Gasteiger partial charge < -0.3 is 10.6 Å². The van der Waals surface area contributed by atoms with Crippen LogP contribution in [0.1, 0.15) is 29.0 Å². The quantitative estimate of drug-likeness (QED) is 0.892. The molecule has 1 aliphatic heterocycles. The van der Waals surface area contributed by atoms with Crippen molar-refractivity contribution in [3.05, 3.63) is 59.2 Å². The standard InChI is InChI=1S/C18H18N2O2/c1-11-6-5-9-15(12(11)2)20-18(22)14-10-17(21)19-16-8-4-3-7-13(14)16/h3-9,14H,10H2,1-2H3,(H,19,21)(H,20,22)/t14-/m0/s1. The summed E-state index contributed by atoms with van der Waals surface area (Å²) in [5, 5.41) is 5.77. The van der Waals surface area contributed by atoms with Crippen LogP contribution >= 0.6 is 0 Å². The zero-order chi connectivity index (χ0) is 15.7. The predicted octanol–water partition coefficient (Wildman–Crippen LogP) is 3.37. The highest BCUT2D eigenvalue weighted by Crippen LogP contribution is 2.33. The Morgan fingerprint density at radius 2 is 1.91 bits per heavy atom. The number of carbonyl (C=O) groups excluding carboxylic acids is 2. The van der Waals surface area contributed by atoms with Gasteiger partial charge in [-0.15, -0.1) is 0 Å². The first-order valence-corrected chi connectivity index (χ1v) is 7.32. The highest BCUT2D eigenvalue weighted by atomic mass is 16.2. The number of nitrogens with one attached hydrogen (secondary N) is 2. The van der Waals surface area contributed by atoms with Crippen molar-refractivity contribution in [2.45, 2.75) is 26.2 Å². The smallest absolute Gasteiger partial charge is 0.232 e. The predicted molar refractivity (Wildman–Crippen MR) is 87.0 cm³/mol. The van der Waals surface area contributed by atoms with Crippen LogP contribution in [0.4, 0.5) is 11.4 Å². The van der Waals surface area contributed by atoms with Crippen LogP contribution in [0, 0.1) is 13.8 Å². The summed E-state index contributed by atoms with van der Waals surface area (Å²) in [6.45, 7) is 3.99. The maximum Gasteiger partial charge on any atom is 0.232 e. The summed E-state index contributed by atoms with van der Waals surface area (Å²) < 4.78 is 0. The van der Waals surface area contributed by atoms with Crippen molar-refractivity contribution in [3.8, 4) is 0 Å². The largest absolute Gasteiger partial charge is 0.326 e. The fourth-order valence-corrected chi connectivity index (χ4v) is 2.75. The summed E-state index contributed by atoms with van der Waals surface area (Å²) in [6.07, 6.45) is 0.174. The second kappa shape index (κ2) is 5.64. The van der Waals surface area contributed by atoms with Crippen LogP contribution in [-0.2, 0) is 9.59 Å². The zero-order valence-electron chi connectivity index (χ0n) is 12.6. The third-order valence-corrected chi connectivity index (χ3v) is 4.18. The molecule has 0 fully saturated rings. The molecule has 2 amide bonds. The van der Waals surface area contributed by atoms with Crippen molar-refractivity contribution in [3.63, 3.8) is 0 Å². The summed E-state index contributed by atoms with van der Waals surface area (Å²) in [4.78, 5) is 24.5. The lowest BCUT2D eigenvalue weighted by Gasteiger charge is -2.25. The minimum Gasteiger partial charge on any atom is -0.326 e. The topological polar surface area (TPSA) is 58.2 Å². The van der Waals surface area contributed by atoms with Gasteiger partial charge in [0.15, 0.2) is 0 Å². The van der Waals surface area contributed by atoms with Gasteiger partial charge >= 0.3 is 0 Å². The number of hydrogen-bond acceptors (Lipinski definition) is 2. The van der Waals surface area contributed by atoms with Crippen LogP contribution in [0.25, 0.3) is 0 Å². The monoisotopic (exact) mass is 294 g/mol. The number of hydrogen-bond donors (Lipinski definition) is 2. The molecule has 0 spiro atoms. The van der Waals surface area contributed by atoms with E-state index in [1.54, 1.807) is 0 Å². The van der Waals surface area contributed by atoms with Crippen molar-refractivity contribution in [2.24, 2.45) is 0 Å². The van der Waals surface area contributed by atoms with Crippen LogP contribution in [0.2, 0.25) is 0 Å². The maximum atomic E-state index is 12.6. The zero-order valence-corrected chi connectivity index (χ0v) is 12.6. The van der Waals surface area contributed by atoms with Crippen LogP contribution in [-0.4, -0.2) is 11.8 Å². The molecule has 0 aromatic heterocycles. The van der Waals surface area contributed by atoms with Crippen LogP contribution in [0.5, 0.6) is 0 Å². The summed E-state index contributed by atoms with van der Waals surface area (Å²) in [5.41, 5.74) is 4.56. The Morgan fingerprint density at radius 3 is 2.73 bits per heavy atom. The van der Waals surface area contributed by atoms with Gasteiger partial charge in [-0.25, -0.2) is 0 Å². The van der Waals surface area contributed by atoms with Crippen molar-refractivity contribution in [1.82, 2.24) is 0 Å². The molecular weight excluding hydrogens is 276 g/mol. The van der Waals surface area contributed by atoms with Gasteiger partial charge in [-0.2, -0.15) is 0 Å². The van der Waals surface area contributed by atoms with E-state index in [9.17, 15) is 9.59 Å². The lowest BCUT2D eigenvalue weighted by Crippen LogP contribution is -2.30. The van der Waals surface area contributed by atoms with Crippen LogP contribution in [0.3, 0.4) is 0 Å². The van der Waals surface area contributed by atoms with E-state index >= 15 is 0 Å². The Balaban J connectivity index is 1.89. The molecule has 0 saturated carbocycles. The molecule has 0 radical (unpaired) electrons. The number of anilines is 2. The Bertz CT molecular complexity index is 753. The molecule has 0 saturated heterocycles. The average molecular weight is 294 g/mol. The maximum absolute atomic E-state index is 12.6. The molecule has 3 rings (SSSR count). The van der Waals surface area contributed by atoms with Crippen molar-refractivity contribution in [1.29, 1.82) is 0 Å². The number of carbonyl (C=O) groups is 2. The number of amides is 2. The van der Waals surface area contributed by atoms with Crippen molar-refractivity contribution < 1.29 is 9.59 Å². The molecule has 0 unspecified atom stereocenters. The number of para-hydroxylation sites is 1. The minimum atomic E-state index is -0.454. The average Bonchev–Trinajstić information content (AvgIpc) is 2.51. The molecular formula is C18H18N2O2. The van der Waals surface area contributed by atoms with E-state index in [1.165, 1.54) is 0 Å². The first-order valence-electron chi connectivity index (χ1n) is 7.32. The van der Waals surface area contributed by atoms with Gasteiger partial charge in [-0.3, -0.25) is 9.59 Å². The second-order valence-corrected chi connectivity index (χ2v) is 5.63. The molecule has 2 aromatic rings. The lowest BCUT2D eigenvalue weighted by atomic mass is 9.89. The van der Waals surface area contributed by atoms with Gasteiger partial charge in [-0.1, -0.05) is 30.3 Å². The van der Waals surface area contributed by atoms with Crippen molar-refractivity contribution >= 4 is 23.2 Å². The van der Waals surface area contributed by atoms with E-state index in [0.717, 1.165) is 28.1 Å². The molecule has 1 aliphatic rings. The van der Waals surface area contributed by atoms with E-state index < -0.39 is 5.92 Å². The molecule has 22 heavy (non-hydrogen) atoms. The lowest BCUT2D eigenvalue weighted by molar-refractivity contribution is -0.123. The molecule has 1 atom stereocenters. The molecule has 0 bridgehead atoms. The van der Waals surface area contributed by atoms with Gasteiger partial charge in [0.25, 0.3) is 0 Å². The number of benzene rings is 2. The summed E-state index contributed by atoms with van der Waals surface area (Å²) in [5.74, 6) is -0.722. The van der Waals surface area contributed by atoms with Gasteiger partial charge in [0.05, 0.1) is 5.92 Å². The second-order valence-electron chi connectivity index (χ2n) is 5.63. The molecule has 2 aromatic carbocycles. The SMILES string of the molecule is Cc1cccc(NC(=O)[C@H]2CC(=O)Nc3ccccc32)c1C. The normalized spacial score (nSPS) is 16.6. The van der Waals surface area contributed by atoms with Gasteiger partial charge in [-0.05, 0) is 42.7 Å². The van der Waals surface area contributed by atoms with Crippen molar-refractivity contribution in [2.75, 3.05) is 10.6 Å². The molecule has 112 valence electrons. The van der Waals surface area contributed by atoms with E-state index in [0.29, 0.717) is 0 Å². The fourth-order valence-electron chi connectivity index (χ4n) is 2.75. The highest BCUT2D eigenvalue weighted by Gasteiger charge is 2.30. The number of rotatable bonds is 2. The Hall–Kier alpha value is -2.62. The van der Waals surface area contributed by atoms with Crippen LogP contribution in [0.15, 0.2) is 42.5 Å². The molecule has 1 heterocycles. The molecule has 4 nitrogen and oxygen atoms in total. The highest BCUT2D eigenvalue weighted by molar-refractivity contribution is 6.05. The number of fused-ring (bicyclic) bond motifs is 1. The third kappa shape index (κ3) is 2.60. The van der Waals surface area contributed by atoms with Crippen LogP contribution < -0.4 is 10.6 Å². The first-order chi connectivity index (χ1) is 10.6. The molecule has 0 aliphatic carbocycles. The van der Waals surface area contributed by atoms with Gasteiger partial charge in [0.1, 0.15) is 0 Å². The minimum absolute atomic E-state index is 0.125. The van der Waals surface area contributed by atoms with E-state index in [2.05, 4.69) is 10.6 Å². The van der Waals surface area contributed by atoms with E-state index in [4.69, 9.17) is 0 Å². The fraction of sp³-hybridized carbons (Fsp3) is 0.222. The Labute approximate surface area is 129 Å². The summed E-state index contributed by atoms with van der Waals surface area (Å²) >= 11 is 0. The summed E-state index contributed by atoms with van der Waals surface area (Å²) in [6, 6.07) is 13.3. The Kier molecular flexibility index (Phi) is 3.67.